The molecule has 0 aliphatic carbocycles. The second kappa shape index (κ2) is 4.24. The Kier molecular flexibility index (Phi) is 2.92. The molecule has 0 aromatic carbocycles. The van der Waals surface area contributed by atoms with Crippen molar-refractivity contribution in [3.63, 3.8) is 0 Å². The minimum Gasteiger partial charge on any atom is -0.409 e. The highest BCUT2D eigenvalue weighted by Gasteiger charge is 2.29. The van der Waals surface area contributed by atoms with E-state index in [1.807, 2.05) is 12.1 Å². The maximum atomic E-state index is 8.56. The summed E-state index contributed by atoms with van der Waals surface area (Å²) in [4.78, 5) is 6.61. The second-order valence-corrected chi connectivity index (χ2v) is 5.23. The molecule has 0 atom stereocenters. The van der Waals surface area contributed by atoms with E-state index in [1.54, 1.807) is 6.20 Å². The van der Waals surface area contributed by atoms with E-state index in [-0.39, 0.29) is 5.84 Å². The van der Waals surface area contributed by atoms with E-state index in [0.717, 1.165) is 18.9 Å². The molecule has 0 saturated carbocycles. The van der Waals surface area contributed by atoms with Crippen molar-refractivity contribution < 1.29 is 5.21 Å². The molecule has 1 aliphatic heterocycles. The van der Waals surface area contributed by atoms with Gasteiger partial charge < -0.3 is 15.8 Å². The molecule has 1 aromatic heterocycles. The second-order valence-electron chi connectivity index (χ2n) is 5.23. The van der Waals surface area contributed by atoms with Crippen LogP contribution in [0, 0.1) is 5.41 Å². The number of aromatic nitrogens is 1. The summed E-state index contributed by atoms with van der Waals surface area (Å²) in [7, 11) is 0. The Bertz CT molecular complexity index is 425. The SMILES string of the molecule is CC1(C)CCN(c2ccc(C(N)=NO)cn2)C1. The lowest BCUT2D eigenvalue weighted by atomic mass is 9.93. The molecular weight excluding hydrogens is 216 g/mol. The summed E-state index contributed by atoms with van der Waals surface area (Å²) < 4.78 is 0. The molecule has 2 heterocycles. The van der Waals surface area contributed by atoms with Crippen molar-refractivity contribution >= 4 is 11.7 Å². The first-order chi connectivity index (χ1) is 8.02. The summed E-state index contributed by atoms with van der Waals surface area (Å²) in [5.74, 6) is 1.04. The van der Waals surface area contributed by atoms with Gasteiger partial charge >= 0.3 is 0 Å². The molecule has 0 radical (unpaired) electrons. The van der Waals surface area contributed by atoms with Gasteiger partial charge in [-0.15, -0.1) is 0 Å². The minimum absolute atomic E-state index is 0.0887. The number of rotatable bonds is 2. The monoisotopic (exact) mass is 234 g/mol. The Morgan fingerprint density at radius 3 is 2.76 bits per heavy atom. The summed E-state index contributed by atoms with van der Waals surface area (Å²) >= 11 is 0. The molecule has 1 fully saturated rings. The highest BCUT2D eigenvalue weighted by Crippen LogP contribution is 2.31. The third kappa shape index (κ3) is 2.49. The number of nitrogens with two attached hydrogens (primary N) is 1. The molecule has 3 N–H and O–H groups in total. The number of hydrogen-bond donors (Lipinski definition) is 2. The van der Waals surface area contributed by atoms with Crippen LogP contribution in [0.2, 0.25) is 0 Å². The third-order valence-electron chi connectivity index (χ3n) is 3.15. The molecule has 1 aliphatic rings. The van der Waals surface area contributed by atoms with Gasteiger partial charge in [0.2, 0.25) is 0 Å². The van der Waals surface area contributed by atoms with E-state index < -0.39 is 0 Å². The highest BCUT2D eigenvalue weighted by atomic mass is 16.4. The Balaban J connectivity index is 2.14. The van der Waals surface area contributed by atoms with Crippen LogP contribution in [0.5, 0.6) is 0 Å². The quantitative estimate of drug-likeness (QED) is 0.351. The summed E-state index contributed by atoms with van der Waals surface area (Å²) in [6.07, 6.45) is 2.81. The summed E-state index contributed by atoms with van der Waals surface area (Å²) in [5, 5.41) is 11.5. The first-order valence-corrected chi connectivity index (χ1v) is 5.71. The first kappa shape index (κ1) is 11.7. The van der Waals surface area contributed by atoms with Gasteiger partial charge in [0.25, 0.3) is 0 Å². The van der Waals surface area contributed by atoms with Crippen LogP contribution >= 0.6 is 0 Å². The molecule has 92 valence electrons. The minimum atomic E-state index is 0.0887. The van der Waals surface area contributed by atoms with Crippen LogP contribution in [0.4, 0.5) is 5.82 Å². The number of hydrogen-bond acceptors (Lipinski definition) is 4. The smallest absolute Gasteiger partial charge is 0.171 e. The summed E-state index contributed by atoms with van der Waals surface area (Å²) in [5.41, 5.74) is 6.47. The van der Waals surface area contributed by atoms with Crippen LogP contribution in [-0.4, -0.2) is 29.1 Å². The molecule has 0 bridgehead atoms. The molecule has 5 heteroatoms. The van der Waals surface area contributed by atoms with E-state index >= 15 is 0 Å². The normalized spacial score (nSPS) is 19.6. The van der Waals surface area contributed by atoms with E-state index in [1.165, 1.54) is 6.42 Å². The highest BCUT2D eigenvalue weighted by molar-refractivity contribution is 5.96. The van der Waals surface area contributed by atoms with Crippen molar-refractivity contribution in [1.82, 2.24) is 4.98 Å². The fourth-order valence-corrected chi connectivity index (χ4v) is 2.09. The maximum Gasteiger partial charge on any atom is 0.171 e. The van der Waals surface area contributed by atoms with Crippen molar-refractivity contribution in [3.05, 3.63) is 23.9 Å². The Morgan fingerprint density at radius 1 is 1.53 bits per heavy atom. The largest absolute Gasteiger partial charge is 0.409 e. The predicted molar refractivity (Wildman–Crippen MR) is 67.4 cm³/mol. The zero-order chi connectivity index (χ0) is 12.5. The molecule has 0 amide bonds. The lowest BCUT2D eigenvalue weighted by Gasteiger charge is -2.20. The van der Waals surface area contributed by atoms with Gasteiger partial charge in [0.15, 0.2) is 5.84 Å². The van der Waals surface area contributed by atoms with E-state index in [0.29, 0.717) is 11.0 Å². The Labute approximate surface area is 101 Å². The van der Waals surface area contributed by atoms with Gasteiger partial charge in [-0.1, -0.05) is 19.0 Å². The number of oxime groups is 1. The van der Waals surface area contributed by atoms with Crippen LogP contribution in [0.1, 0.15) is 25.8 Å². The van der Waals surface area contributed by atoms with Crippen molar-refractivity contribution in [2.24, 2.45) is 16.3 Å². The van der Waals surface area contributed by atoms with E-state index in [2.05, 4.69) is 28.9 Å². The average molecular weight is 234 g/mol. The first-order valence-electron chi connectivity index (χ1n) is 5.71. The lowest BCUT2D eigenvalue weighted by molar-refractivity contribution is 0.318. The zero-order valence-electron chi connectivity index (χ0n) is 10.2. The van der Waals surface area contributed by atoms with Crippen LogP contribution in [0.25, 0.3) is 0 Å². The zero-order valence-corrected chi connectivity index (χ0v) is 10.2. The van der Waals surface area contributed by atoms with Gasteiger partial charge in [0, 0.05) is 24.8 Å². The van der Waals surface area contributed by atoms with E-state index in [9.17, 15) is 0 Å². The van der Waals surface area contributed by atoms with Crippen molar-refractivity contribution in [2.75, 3.05) is 18.0 Å². The van der Waals surface area contributed by atoms with Crippen molar-refractivity contribution in [3.8, 4) is 0 Å². The number of nitrogens with zero attached hydrogens (tertiary/aromatic N) is 3. The van der Waals surface area contributed by atoms with Gasteiger partial charge in [-0.25, -0.2) is 4.98 Å². The third-order valence-corrected chi connectivity index (χ3v) is 3.15. The molecule has 1 aromatic rings. The maximum absolute atomic E-state index is 8.56. The lowest BCUT2D eigenvalue weighted by Crippen LogP contribution is -2.23. The standard InChI is InChI=1S/C12H18N4O/c1-12(2)5-6-16(8-12)10-4-3-9(7-14-10)11(13)15-17/h3-4,7,17H,5-6,8H2,1-2H3,(H2,13,15). The fraction of sp³-hybridized carbons (Fsp3) is 0.500. The van der Waals surface area contributed by atoms with Crippen LogP contribution in [0.3, 0.4) is 0 Å². The fourth-order valence-electron chi connectivity index (χ4n) is 2.09. The van der Waals surface area contributed by atoms with E-state index in [4.69, 9.17) is 10.9 Å². The number of anilines is 1. The van der Waals surface area contributed by atoms with Crippen LogP contribution in [-0.2, 0) is 0 Å². The van der Waals surface area contributed by atoms with Gasteiger partial charge in [0.05, 0.1) is 0 Å². The molecule has 1 saturated heterocycles. The topological polar surface area (TPSA) is 74.7 Å². The van der Waals surface area contributed by atoms with Gasteiger partial charge in [-0.05, 0) is 24.0 Å². The summed E-state index contributed by atoms with van der Waals surface area (Å²) in [6.45, 7) is 6.57. The number of amidine groups is 1. The molecule has 2 rings (SSSR count). The predicted octanol–water partition coefficient (Wildman–Crippen LogP) is 1.41. The molecule has 0 unspecified atom stereocenters. The van der Waals surface area contributed by atoms with Gasteiger partial charge in [-0.2, -0.15) is 0 Å². The van der Waals surface area contributed by atoms with Crippen molar-refractivity contribution in [1.29, 1.82) is 0 Å². The van der Waals surface area contributed by atoms with Crippen molar-refractivity contribution in [2.45, 2.75) is 20.3 Å². The molecular formula is C12H18N4O. The summed E-state index contributed by atoms with van der Waals surface area (Å²) in [6, 6.07) is 3.73. The van der Waals surface area contributed by atoms with Gasteiger partial charge in [0.1, 0.15) is 5.82 Å². The van der Waals surface area contributed by atoms with Crippen LogP contribution in [0.15, 0.2) is 23.5 Å². The van der Waals surface area contributed by atoms with Gasteiger partial charge in [-0.3, -0.25) is 0 Å². The molecule has 17 heavy (non-hydrogen) atoms. The Morgan fingerprint density at radius 2 is 2.29 bits per heavy atom. The average Bonchev–Trinajstić information content (AvgIpc) is 2.69. The number of pyridine rings is 1. The van der Waals surface area contributed by atoms with Crippen LogP contribution < -0.4 is 10.6 Å². The Hall–Kier alpha value is -1.78. The molecule has 0 spiro atoms. The molecule has 5 nitrogen and oxygen atoms in total.